The lowest BCUT2D eigenvalue weighted by molar-refractivity contribution is 0.152. The van der Waals surface area contributed by atoms with Crippen molar-refractivity contribution in [3.8, 4) is 0 Å². The summed E-state index contributed by atoms with van der Waals surface area (Å²) in [5.41, 5.74) is 3.46. The van der Waals surface area contributed by atoms with Gasteiger partial charge in [0.1, 0.15) is 5.76 Å². The second-order valence-electron chi connectivity index (χ2n) is 5.28. The molecule has 6 heteroatoms. The highest BCUT2D eigenvalue weighted by Gasteiger charge is 2.25. The molecule has 2 aromatic rings. The molecule has 1 fully saturated rings. The molecule has 3 rings (SSSR count). The first-order chi connectivity index (χ1) is 9.75. The van der Waals surface area contributed by atoms with E-state index in [2.05, 4.69) is 26.4 Å². The van der Waals surface area contributed by atoms with Crippen molar-refractivity contribution in [2.45, 2.75) is 26.4 Å². The molecule has 1 saturated heterocycles. The highest BCUT2D eigenvalue weighted by molar-refractivity contribution is 5.85. The zero-order chi connectivity index (χ0) is 13.9. The van der Waals surface area contributed by atoms with Gasteiger partial charge in [-0.3, -0.25) is 9.88 Å². The van der Waals surface area contributed by atoms with Gasteiger partial charge in [-0.15, -0.1) is 12.4 Å². The topological polar surface area (TPSA) is 54.2 Å². The molecule has 0 bridgehead atoms. The first-order valence-corrected chi connectivity index (χ1v) is 7.02. The zero-order valence-electron chi connectivity index (χ0n) is 12.4. The van der Waals surface area contributed by atoms with E-state index in [0.717, 1.165) is 37.6 Å². The maximum absolute atomic E-state index is 5.27. The fraction of sp³-hybridized carbons (Fsp3) is 0.467. The van der Waals surface area contributed by atoms with Gasteiger partial charge < -0.3 is 9.84 Å². The van der Waals surface area contributed by atoms with Crippen LogP contribution in [0.3, 0.4) is 0 Å². The molecule has 5 nitrogen and oxygen atoms in total. The van der Waals surface area contributed by atoms with Crippen molar-refractivity contribution < 1.29 is 4.52 Å². The number of aryl methyl sites for hydroxylation is 2. The van der Waals surface area contributed by atoms with E-state index in [0.29, 0.717) is 6.04 Å². The third-order valence-corrected chi connectivity index (χ3v) is 3.97. The molecule has 0 saturated carbocycles. The van der Waals surface area contributed by atoms with Crippen LogP contribution in [0.25, 0.3) is 0 Å². The molecule has 0 spiro atoms. The van der Waals surface area contributed by atoms with Crippen LogP contribution >= 0.6 is 12.4 Å². The number of halogens is 1. The predicted octanol–water partition coefficient (Wildman–Crippen LogP) is 2.25. The number of pyridine rings is 1. The Labute approximate surface area is 131 Å². The van der Waals surface area contributed by atoms with Crippen LogP contribution in [0.4, 0.5) is 0 Å². The third-order valence-electron chi connectivity index (χ3n) is 3.97. The van der Waals surface area contributed by atoms with Gasteiger partial charge in [-0.25, -0.2) is 0 Å². The lowest BCUT2D eigenvalue weighted by Gasteiger charge is -2.36. The Morgan fingerprint density at radius 1 is 1.43 bits per heavy atom. The van der Waals surface area contributed by atoms with Crippen molar-refractivity contribution in [1.29, 1.82) is 0 Å². The number of rotatable bonds is 3. The first kappa shape index (κ1) is 15.9. The van der Waals surface area contributed by atoms with Crippen LogP contribution in [0.1, 0.15) is 28.6 Å². The molecule has 0 aliphatic carbocycles. The lowest BCUT2D eigenvalue weighted by Crippen LogP contribution is -2.45. The quantitative estimate of drug-likeness (QED) is 0.942. The van der Waals surface area contributed by atoms with Crippen LogP contribution in [0.2, 0.25) is 0 Å². The summed E-state index contributed by atoms with van der Waals surface area (Å²) in [6, 6.07) is 4.49. The van der Waals surface area contributed by atoms with Crippen LogP contribution in [0.5, 0.6) is 0 Å². The van der Waals surface area contributed by atoms with Crippen LogP contribution in [0.15, 0.2) is 29.0 Å². The SMILES string of the molecule is Cc1noc(C)c1CN1CCNCC1c1cccnc1.Cl. The summed E-state index contributed by atoms with van der Waals surface area (Å²) in [6.07, 6.45) is 3.77. The Hall–Kier alpha value is -1.43. The minimum absolute atomic E-state index is 0. The normalized spacial score (nSPS) is 19.2. The summed E-state index contributed by atoms with van der Waals surface area (Å²) in [7, 11) is 0. The molecule has 3 heterocycles. The second-order valence-corrected chi connectivity index (χ2v) is 5.28. The molecule has 0 radical (unpaired) electrons. The fourth-order valence-electron chi connectivity index (χ4n) is 2.77. The highest BCUT2D eigenvalue weighted by Crippen LogP contribution is 2.25. The van der Waals surface area contributed by atoms with Gasteiger partial charge in [0.2, 0.25) is 0 Å². The summed E-state index contributed by atoms with van der Waals surface area (Å²) >= 11 is 0. The van der Waals surface area contributed by atoms with E-state index in [1.807, 2.05) is 32.3 Å². The lowest BCUT2D eigenvalue weighted by atomic mass is 10.0. The molecule has 2 aromatic heterocycles. The number of hydrogen-bond donors (Lipinski definition) is 1. The summed E-state index contributed by atoms with van der Waals surface area (Å²) in [5, 5.41) is 7.51. The minimum Gasteiger partial charge on any atom is -0.361 e. The van der Waals surface area contributed by atoms with Crippen LogP contribution in [-0.2, 0) is 6.54 Å². The molecule has 21 heavy (non-hydrogen) atoms. The van der Waals surface area contributed by atoms with Crippen molar-refractivity contribution in [2.24, 2.45) is 0 Å². The first-order valence-electron chi connectivity index (χ1n) is 7.02. The number of hydrogen-bond acceptors (Lipinski definition) is 5. The van der Waals surface area contributed by atoms with E-state index in [-0.39, 0.29) is 12.4 Å². The molecular formula is C15H21ClN4O. The molecule has 0 amide bonds. The molecule has 114 valence electrons. The van der Waals surface area contributed by atoms with Gasteiger partial charge in [-0.05, 0) is 25.5 Å². The van der Waals surface area contributed by atoms with Gasteiger partial charge >= 0.3 is 0 Å². The summed E-state index contributed by atoms with van der Waals surface area (Å²) < 4.78 is 5.27. The largest absolute Gasteiger partial charge is 0.361 e. The van der Waals surface area contributed by atoms with Crippen molar-refractivity contribution in [3.05, 3.63) is 47.1 Å². The van der Waals surface area contributed by atoms with Gasteiger partial charge in [0.25, 0.3) is 0 Å². The van der Waals surface area contributed by atoms with E-state index >= 15 is 0 Å². The number of nitrogens with zero attached hydrogens (tertiary/aromatic N) is 3. The average Bonchev–Trinajstić information content (AvgIpc) is 2.81. The monoisotopic (exact) mass is 308 g/mol. The van der Waals surface area contributed by atoms with E-state index in [9.17, 15) is 0 Å². The Bertz CT molecular complexity index is 553. The van der Waals surface area contributed by atoms with Crippen molar-refractivity contribution in [1.82, 2.24) is 20.4 Å². The number of piperazine rings is 1. The van der Waals surface area contributed by atoms with Crippen molar-refractivity contribution in [2.75, 3.05) is 19.6 Å². The molecule has 1 aliphatic rings. The molecular weight excluding hydrogens is 288 g/mol. The Kier molecular flexibility index (Phi) is 5.33. The van der Waals surface area contributed by atoms with Gasteiger partial charge in [0.15, 0.2) is 0 Å². The van der Waals surface area contributed by atoms with Crippen molar-refractivity contribution >= 4 is 12.4 Å². The smallest absolute Gasteiger partial charge is 0.138 e. The van der Waals surface area contributed by atoms with Gasteiger partial charge in [-0.1, -0.05) is 11.2 Å². The molecule has 1 aliphatic heterocycles. The Morgan fingerprint density at radius 2 is 2.29 bits per heavy atom. The van der Waals surface area contributed by atoms with Gasteiger partial charge in [0, 0.05) is 50.2 Å². The zero-order valence-corrected chi connectivity index (χ0v) is 13.2. The number of aromatic nitrogens is 2. The molecule has 1 N–H and O–H groups in total. The standard InChI is InChI=1S/C15H20N4O.ClH/c1-11-14(12(2)20-18-11)10-19-7-6-17-9-15(19)13-4-3-5-16-8-13;/h3-5,8,15,17H,6-7,9-10H2,1-2H3;1H. The predicted molar refractivity (Wildman–Crippen MR) is 83.5 cm³/mol. The maximum atomic E-state index is 5.27. The molecule has 0 aromatic carbocycles. The maximum Gasteiger partial charge on any atom is 0.138 e. The Balaban J connectivity index is 0.00000161. The minimum atomic E-state index is 0. The van der Waals surface area contributed by atoms with E-state index in [1.165, 1.54) is 11.1 Å². The average molecular weight is 309 g/mol. The van der Waals surface area contributed by atoms with E-state index < -0.39 is 0 Å². The number of nitrogens with one attached hydrogen (secondary N) is 1. The highest BCUT2D eigenvalue weighted by atomic mass is 35.5. The van der Waals surface area contributed by atoms with Crippen LogP contribution in [0, 0.1) is 13.8 Å². The Morgan fingerprint density at radius 3 is 2.95 bits per heavy atom. The molecule has 1 atom stereocenters. The second kappa shape index (κ2) is 7.02. The van der Waals surface area contributed by atoms with E-state index in [4.69, 9.17) is 4.52 Å². The molecule has 1 unspecified atom stereocenters. The van der Waals surface area contributed by atoms with E-state index in [1.54, 1.807) is 0 Å². The summed E-state index contributed by atoms with van der Waals surface area (Å²) in [5.74, 6) is 0.922. The van der Waals surface area contributed by atoms with Crippen molar-refractivity contribution in [3.63, 3.8) is 0 Å². The van der Waals surface area contributed by atoms with Crippen LogP contribution in [-0.4, -0.2) is 34.7 Å². The summed E-state index contributed by atoms with van der Waals surface area (Å²) in [4.78, 5) is 6.71. The third kappa shape index (κ3) is 3.43. The van der Waals surface area contributed by atoms with Gasteiger partial charge in [0.05, 0.1) is 5.69 Å². The fourth-order valence-corrected chi connectivity index (χ4v) is 2.77. The van der Waals surface area contributed by atoms with Crippen LogP contribution < -0.4 is 5.32 Å². The van der Waals surface area contributed by atoms with Gasteiger partial charge in [-0.2, -0.15) is 0 Å². The summed E-state index contributed by atoms with van der Waals surface area (Å²) in [6.45, 7) is 7.85.